The summed E-state index contributed by atoms with van der Waals surface area (Å²) in [6, 6.07) is 11.0. The van der Waals surface area contributed by atoms with Gasteiger partial charge in [-0.3, -0.25) is 9.80 Å². The summed E-state index contributed by atoms with van der Waals surface area (Å²) in [5.41, 5.74) is 0.992. The molecule has 292 valence electrons. The number of halogens is 2. The van der Waals surface area contributed by atoms with E-state index >= 15 is 4.39 Å². The number of carbonyl (C=O) groups excluding carboxylic acids is 1. The number of nitrogens with zero attached hydrogens (tertiary/aromatic N) is 5. The fourth-order valence-corrected chi connectivity index (χ4v) is 9.89. The number of anilines is 1. The third-order valence-electron chi connectivity index (χ3n) is 12.2. The number of methoxy groups -OCH3 is 1. The van der Waals surface area contributed by atoms with Crippen molar-refractivity contribution in [2.75, 3.05) is 51.7 Å². The summed E-state index contributed by atoms with van der Waals surface area (Å²) >= 11 is 0. The number of hydrogen-bond acceptors (Lipinski definition) is 10. The van der Waals surface area contributed by atoms with Crippen LogP contribution in [0.4, 0.5) is 19.4 Å². The number of aryl methyl sites for hydroxylation is 1. The standard InChI is InChI=1S/C42H49F2N5O6/c1-6-24-9-7-10-25-15-28(54-23-51-5)16-29(34(24)25)30-17-33-35-37(36(30)44)45-39(53-22-42-13-8-14-47(42)19-26(43)18-42)46-38(35)48-20-27-11-12-31(32(48)21-52-33)49(27)40(50)55-41(2,3)4/h7,9-10,15-17,26-27,31-32H,6,8,11-14,18-23H2,1-5H3/t26-,27+,31-,32+,42-/m1/s1. The lowest BCUT2D eigenvalue weighted by molar-refractivity contribution is 0.00544. The van der Waals surface area contributed by atoms with Gasteiger partial charge >= 0.3 is 12.1 Å². The Bertz CT molecular complexity index is 2160. The summed E-state index contributed by atoms with van der Waals surface area (Å²) < 4.78 is 62.6. The molecule has 4 saturated heterocycles. The lowest BCUT2D eigenvalue weighted by Crippen LogP contribution is -2.63. The highest BCUT2D eigenvalue weighted by Gasteiger charge is 2.52. The van der Waals surface area contributed by atoms with Crippen molar-refractivity contribution in [1.82, 2.24) is 19.8 Å². The van der Waals surface area contributed by atoms with Gasteiger partial charge in [-0.25, -0.2) is 13.6 Å². The molecule has 0 saturated carbocycles. The molecule has 11 nitrogen and oxygen atoms in total. The number of amides is 1. The number of piperazine rings is 1. The highest BCUT2D eigenvalue weighted by molar-refractivity contribution is 6.05. The first-order valence-corrected chi connectivity index (χ1v) is 19.6. The predicted molar refractivity (Wildman–Crippen MR) is 204 cm³/mol. The van der Waals surface area contributed by atoms with E-state index in [-0.39, 0.29) is 55.8 Å². The zero-order chi connectivity index (χ0) is 38.2. The first-order chi connectivity index (χ1) is 26.5. The van der Waals surface area contributed by atoms with Gasteiger partial charge in [-0.15, -0.1) is 0 Å². The lowest BCUT2D eigenvalue weighted by Gasteiger charge is -2.46. The third kappa shape index (κ3) is 6.18. The fraction of sp³-hybridized carbons (Fsp3) is 0.548. The van der Waals surface area contributed by atoms with Crippen molar-refractivity contribution in [1.29, 1.82) is 0 Å². The highest BCUT2D eigenvalue weighted by Crippen LogP contribution is 2.48. The second kappa shape index (κ2) is 13.6. The Morgan fingerprint density at radius 3 is 2.71 bits per heavy atom. The number of rotatable bonds is 8. The van der Waals surface area contributed by atoms with Gasteiger partial charge in [-0.05, 0) is 99.5 Å². The Hall–Kier alpha value is -4.49. The van der Waals surface area contributed by atoms with E-state index in [0.29, 0.717) is 53.3 Å². The summed E-state index contributed by atoms with van der Waals surface area (Å²) in [5, 5.41) is 2.27. The molecule has 9 rings (SSSR count). The average molecular weight is 758 g/mol. The van der Waals surface area contributed by atoms with E-state index in [9.17, 15) is 9.18 Å². The van der Waals surface area contributed by atoms with Crippen LogP contribution in [-0.2, 0) is 15.9 Å². The molecule has 55 heavy (non-hydrogen) atoms. The monoisotopic (exact) mass is 757 g/mol. The maximum absolute atomic E-state index is 17.6. The number of fused-ring (bicyclic) bond motifs is 7. The van der Waals surface area contributed by atoms with Gasteiger partial charge in [0, 0.05) is 32.2 Å². The van der Waals surface area contributed by atoms with Crippen molar-refractivity contribution in [3.05, 3.63) is 47.8 Å². The van der Waals surface area contributed by atoms with Crippen LogP contribution in [0, 0.1) is 5.82 Å². The third-order valence-corrected chi connectivity index (χ3v) is 12.2. The molecule has 6 heterocycles. The molecule has 1 aromatic heterocycles. The SMILES string of the molecule is CCc1cccc2cc(OCOC)cc(-c3cc4c5c(nc(OC[C@]67CCCN6C[C@H](F)C7)nc5c3F)N3C[C@@H]5CC[C@H]([C@@H]3CO4)N5C(=O)OC(C)(C)C)c12. The van der Waals surface area contributed by atoms with Crippen LogP contribution in [0.1, 0.15) is 65.4 Å². The van der Waals surface area contributed by atoms with Gasteiger partial charge in [0.2, 0.25) is 0 Å². The van der Waals surface area contributed by atoms with Gasteiger partial charge < -0.3 is 28.6 Å². The number of aromatic nitrogens is 2. The molecule has 0 spiro atoms. The van der Waals surface area contributed by atoms with E-state index in [1.54, 1.807) is 13.2 Å². The molecule has 5 atom stereocenters. The van der Waals surface area contributed by atoms with Crippen LogP contribution in [0.15, 0.2) is 36.4 Å². The van der Waals surface area contributed by atoms with E-state index in [4.69, 9.17) is 33.7 Å². The molecule has 5 aliphatic heterocycles. The summed E-state index contributed by atoms with van der Waals surface area (Å²) in [7, 11) is 1.56. The van der Waals surface area contributed by atoms with Crippen molar-refractivity contribution >= 4 is 33.6 Å². The molecular formula is C42H49F2N5O6. The fourth-order valence-electron chi connectivity index (χ4n) is 9.89. The summed E-state index contributed by atoms with van der Waals surface area (Å²) in [5.74, 6) is 0.959. The van der Waals surface area contributed by atoms with Gasteiger partial charge in [0.25, 0.3) is 0 Å². The quantitative estimate of drug-likeness (QED) is 0.169. The molecule has 2 bridgehead atoms. The summed E-state index contributed by atoms with van der Waals surface area (Å²) in [6.07, 6.45) is 3.20. The normalized spacial score (nSPS) is 25.9. The maximum atomic E-state index is 17.6. The topological polar surface area (TPSA) is 98.7 Å². The molecule has 0 N–H and O–H groups in total. The molecule has 0 unspecified atom stereocenters. The smallest absolute Gasteiger partial charge is 0.410 e. The van der Waals surface area contributed by atoms with Crippen molar-refractivity contribution in [3.63, 3.8) is 0 Å². The zero-order valence-electron chi connectivity index (χ0n) is 32.2. The number of hydrogen-bond donors (Lipinski definition) is 0. The molecule has 5 aliphatic rings. The number of ether oxygens (including phenoxy) is 5. The second-order valence-corrected chi connectivity index (χ2v) is 16.8. The lowest BCUT2D eigenvalue weighted by atomic mass is 9.92. The number of alkyl halides is 1. The van der Waals surface area contributed by atoms with Crippen molar-refractivity contribution < 1.29 is 37.3 Å². The summed E-state index contributed by atoms with van der Waals surface area (Å²) in [6.45, 7) is 9.83. The van der Waals surface area contributed by atoms with Crippen LogP contribution in [0.5, 0.6) is 17.5 Å². The first kappa shape index (κ1) is 36.2. The van der Waals surface area contributed by atoms with Crippen molar-refractivity contribution in [2.24, 2.45) is 0 Å². The Labute approximate surface area is 319 Å². The van der Waals surface area contributed by atoms with E-state index in [1.807, 2.05) is 49.9 Å². The van der Waals surface area contributed by atoms with Gasteiger partial charge in [0.1, 0.15) is 47.8 Å². The predicted octanol–water partition coefficient (Wildman–Crippen LogP) is 7.44. The van der Waals surface area contributed by atoms with Gasteiger partial charge in [-0.1, -0.05) is 25.1 Å². The zero-order valence-corrected chi connectivity index (χ0v) is 32.2. The highest BCUT2D eigenvalue weighted by atomic mass is 19.1. The van der Waals surface area contributed by atoms with Crippen LogP contribution in [0.3, 0.4) is 0 Å². The van der Waals surface area contributed by atoms with Crippen molar-refractivity contribution in [3.8, 4) is 28.6 Å². The van der Waals surface area contributed by atoms with Crippen LogP contribution in [0.2, 0.25) is 0 Å². The van der Waals surface area contributed by atoms with Crippen molar-refractivity contribution in [2.45, 2.75) is 102 Å². The minimum absolute atomic E-state index is 0.0338. The Morgan fingerprint density at radius 2 is 1.91 bits per heavy atom. The Kier molecular flexibility index (Phi) is 8.95. The molecule has 4 aromatic rings. The van der Waals surface area contributed by atoms with Crippen LogP contribution >= 0.6 is 0 Å². The van der Waals surface area contributed by atoms with Gasteiger partial charge in [0.15, 0.2) is 12.6 Å². The van der Waals surface area contributed by atoms with E-state index in [0.717, 1.165) is 55.0 Å². The van der Waals surface area contributed by atoms with Crippen LogP contribution < -0.4 is 19.1 Å². The van der Waals surface area contributed by atoms with Crippen LogP contribution in [0.25, 0.3) is 32.8 Å². The number of carbonyl (C=O) groups is 1. The van der Waals surface area contributed by atoms with Gasteiger partial charge in [0.05, 0.1) is 29.1 Å². The van der Waals surface area contributed by atoms with E-state index in [2.05, 4.69) is 22.8 Å². The molecule has 13 heteroatoms. The molecule has 0 aliphatic carbocycles. The second-order valence-electron chi connectivity index (χ2n) is 16.8. The minimum atomic E-state index is -0.922. The first-order valence-electron chi connectivity index (χ1n) is 19.6. The van der Waals surface area contributed by atoms with E-state index < -0.39 is 23.1 Å². The van der Waals surface area contributed by atoms with Crippen LogP contribution in [-0.4, -0.2) is 108 Å². The molecule has 0 radical (unpaired) electrons. The molecule has 3 aromatic carbocycles. The maximum Gasteiger partial charge on any atom is 0.410 e. The van der Waals surface area contributed by atoms with E-state index in [1.165, 1.54) is 0 Å². The Morgan fingerprint density at radius 1 is 1.05 bits per heavy atom. The molecule has 4 fully saturated rings. The molecule has 1 amide bonds. The summed E-state index contributed by atoms with van der Waals surface area (Å²) in [4.78, 5) is 29.7. The number of benzene rings is 3. The molecular weight excluding hydrogens is 708 g/mol. The van der Waals surface area contributed by atoms with Gasteiger partial charge in [-0.2, -0.15) is 9.97 Å². The minimum Gasteiger partial charge on any atom is -0.490 e. The largest absolute Gasteiger partial charge is 0.490 e. The average Bonchev–Trinajstić information content (AvgIpc) is 3.76. The Balaban J connectivity index is 1.20.